The second-order valence-electron chi connectivity index (χ2n) is 16.3. The van der Waals surface area contributed by atoms with Crippen molar-refractivity contribution in [2.45, 2.75) is 5.41 Å². The molecule has 13 rings (SSSR count). The average molecular weight is 789 g/mol. The van der Waals surface area contributed by atoms with E-state index in [2.05, 4.69) is 199 Å². The molecule has 2 aliphatic rings. The van der Waals surface area contributed by atoms with Gasteiger partial charge in [0.2, 0.25) is 5.95 Å². The highest BCUT2D eigenvalue weighted by atomic mass is 15.2. The molecule has 9 aromatic carbocycles. The highest BCUT2D eigenvalue weighted by molar-refractivity contribution is 6.10. The van der Waals surface area contributed by atoms with E-state index in [9.17, 15) is 0 Å². The Hall–Kier alpha value is -8.21. The molecule has 0 atom stereocenters. The van der Waals surface area contributed by atoms with Crippen molar-refractivity contribution in [1.29, 1.82) is 0 Å². The standard InChI is InChI=1S/C58H36N4/c1-3-17-37(18-4-1)41-21-7-8-26-47(41)56-59-55(38-19-5-2-6-20-38)60-57(61-56)62-53-30-16-12-25-46(53)48-35-39(32-34-54(48)62)40-31-33-45-44-24-11-15-29-51(44)58(52(45)36-40)49-27-13-9-22-42(49)43-23-10-14-28-50(43)58/h1-36H. The average Bonchev–Trinajstić information content (AvgIpc) is 3.96. The van der Waals surface area contributed by atoms with E-state index >= 15 is 0 Å². The Bertz CT molecular complexity index is 3520. The summed E-state index contributed by atoms with van der Waals surface area (Å²) in [7, 11) is 0. The maximum Gasteiger partial charge on any atom is 0.238 e. The molecule has 0 bridgehead atoms. The molecule has 2 heterocycles. The van der Waals surface area contributed by atoms with Crippen molar-refractivity contribution in [1.82, 2.24) is 19.5 Å². The lowest BCUT2D eigenvalue weighted by molar-refractivity contribution is 0.794. The maximum atomic E-state index is 5.32. The third-order valence-corrected chi connectivity index (χ3v) is 13.1. The van der Waals surface area contributed by atoms with E-state index in [1.54, 1.807) is 0 Å². The van der Waals surface area contributed by atoms with Crippen molar-refractivity contribution in [3.63, 3.8) is 0 Å². The van der Waals surface area contributed by atoms with Crippen LogP contribution < -0.4 is 0 Å². The van der Waals surface area contributed by atoms with Gasteiger partial charge < -0.3 is 0 Å². The molecule has 4 heteroatoms. The highest BCUT2D eigenvalue weighted by Crippen LogP contribution is 2.63. The third-order valence-electron chi connectivity index (χ3n) is 13.1. The van der Waals surface area contributed by atoms with Crippen LogP contribution in [0.3, 0.4) is 0 Å². The van der Waals surface area contributed by atoms with Crippen molar-refractivity contribution in [2.24, 2.45) is 0 Å². The van der Waals surface area contributed by atoms with Gasteiger partial charge in [-0.05, 0) is 91.0 Å². The molecular weight excluding hydrogens is 753 g/mol. The lowest BCUT2D eigenvalue weighted by Gasteiger charge is -2.30. The first kappa shape index (κ1) is 34.6. The zero-order chi connectivity index (χ0) is 40.8. The van der Waals surface area contributed by atoms with Gasteiger partial charge in [0.15, 0.2) is 11.6 Å². The fourth-order valence-electron chi connectivity index (χ4n) is 10.5. The number of nitrogens with zero attached hydrogens (tertiary/aromatic N) is 4. The lowest BCUT2D eigenvalue weighted by atomic mass is 9.70. The van der Waals surface area contributed by atoms with E-state index < -0.39 is 5.41 Å². The van der Waals surface area contributed by atoms with Gasteiger partial charge in [0.05, 0.1) is 16.4 Å². The molecule has 1 spiro atoms. The Kier molecular flexibility index (Phi) is 7.49. The lowest BCUT2D eigenvalue weighted by Crippen LogP contribution is -2.25. The van der Waals surface area contributed by atoms with E-state index in [0.717, 1.165) is 49.6 Å². The Balaban J connectivity index is 1.01. The molecule has 0 unspecified atom stereocenters. The number of rotatable bonds is 5. The van der Waals surface area contributed by atoms with Crippen LogP contribution in [0.25, 0.3) is 95.0 Å². The normalized spacial score (nSPS) is 13.0. The highest BCUT2D eigenvalue weighted by Gasteiger charge is 2.51. The van der Waals surface area contributed by atoms with Crippen molar-refractivity contribution in [3.8, 4) is 73.2 Å². The van der Waals surface area contributed by atoms with Gasteiger partial charge in [-0.3, -0.25) is 4.57 Å². The minimum absolute atomic E-state index is 0.402. The number of para-hydroxylation sites is 1. The molecule has 62 heavy (non-hydrogen) atoms. The predicted molar refractivity (Wildman–Crippen MR) is 252 cm³/mol. The number of aromatic nitrogens is 4. The van der Waals surface area contributed by atoms with Gasteiger partial charge >= 0.3 is 0 Å². The number of fused-ring (bicyclic) bond motifs is 13. The Labute approximate surface area is 359 Å². The topological polar surface area (TPSA) is 43.6 Å². The maximum absolute atomic E-state index is 5.32. The van der Waals surface area contributed by atoms with Gasteiger partial charge in [-0.25, -0.2) is 4.98 Å². The zero-order valence-electron chi connectivity index (χ0n) is 33.6. The molecular formula is C58H36N4. The molecule has 2 aliphatic carbocycles. The summed E-state index contributed by atoms with van der Waals surface area (Å²) in [5, 5.41) is 2.28. The van der Waals surface area contributed by atoms with Crippen molar-refractivity contribution < 1.29 is 0 Å². The summed E-state index contributed by atoms with van der Waals surface area (Å²) >= 11 is 0. The summed E-state index contributed by atoms with van der Waals surface area (Å²) in [6.45, 7) is 0. The van der Waals surface area contributed by atoms with Crippen molar-refractivity contribution in [3.05, 3.63) is 241 Å². The molecule has 0 radical (unpaired) electrons. The Morgan fingerprint density at radius 1 is 0.290 bits per heavy atom. The first-order valence-corrected chi connectivity index (χ1v) is 21.2. The minimum Gasteiger partial charge on any atom is -0.278 e. The molecule has 0 aliphatic heterocycles. The first-order chi connectivity index (χ1) is 30.8. The molecule has 4 nitrogen and oxygen atoms in total. The minimum atomic E-state index is -0.402. The third kappa shape index (κ3) is 4.92. The molecule has 0 amide bonds. The van der Waals surface area contributed by atoms with Crippen LogP contribution in [0.2, 0.25) is 0 Å². The van der Waals surface area contributed by atoms with Crippen LogP contribution in [-0.4, -0.2) is 19.5 Å². The number of benzene rings is 9. The molecule has 0 saturated heterocycles. The van der Waals surface area contributed by atoms with Gasteiger partial charge in [-0.15, -0.1) is 0 Å². The van der Waals surface area contributed by atoms with Crippen LogP contribution in [0.4, 0.5) is 0 Å². The van der Waals surface area contributed by atoms with Crippen LogP contribution in [0, 0.1) is 0 Å². The summed E-state index contributed by atoms with van der Waals surface area (Å²) in [5.41, 5.74) is 18.7. The van der Waals surface area contributed by atoms with Gasteiger partial charge in [0.25, 0.3) is 0 Å². The monoisotopic (exact) mass is 788 g/mol. The van der Waals surface area contributed by atoms with Crippen LogP contribution in [0.1, 0.15) is 22.3 Å². The molecule has 0 saturated carbocycles. The Morgan fingerprint density at radius 3 is 1.45 bits per heavy atom. The summed E-state index contributed by atoms with van der Waals surface area (Å²) in [5.74, 6) is 1.82. The van der Waals surface area contributed by atoms with E-state index in [4.69, 9.17) is 15.0 Å². The van der Waals surface area contributed by atoms with Gasteiger partial charge in [0, 0.05) is 21.9 Å². The molecule has 11 aromatic rings. The van der Waals surface area contributed by atoms with Crippen LogP contribution in [0.15, 0.2) is 218 Å². The molecule has 0 fully saturated rings. The van der Waals surface area contributed by atoms with E-state index in [1.807, 2.05) is 24.3 Å². The summed E-state index contributed by atoms with van der Waals surface area (Å²) < 4.78 is 2.21. The second-order valence-corrected chi connectivity index (χ2v) is 16.3. The molecule has 2 aromatic heterocycles. The van der Waals surface area contributed by atoms with E-state index in [1.165, 1.54) is 50.1 Å². The summed E-state index contributed by atoms with van der Waals surface area (Å²) in [4.78, 5) is 15.7. The van der Waals surface area contributed by atoms with Gasteiger partial charge in [0.1, 0.15) is 0 Å². The summed E-state index contributed by atoms with van der Waals surface area (Å²) in [6.07, 6.45) is 0. The SMILES string of the molecule is c1ccc(-c2nc(-c3ccccc3-c3ccccc3)nc(-n3c4ccccc4c4cc(-c5ccc6c(c5)C5(c7ccccc7-c7ccccc75)c5ccccc5-6)ccc43)n2)cc1. The fourth-order valence-corrected chi connectivity index (χ4v) is 10.5. The van der Waals surface area contributed by atoms with Gasteiger partial charge in [-0.1, -0.05) is 194 Å². The fraction of sp³-hybridized carbons (Fsp3) is 0.0172. The predicted octanol–water partition coefficient (Wildman–Crippen LogP) is 14.0. The quantitative estimate of drug-likeness (QED) is 0.174. The Morgan fingerprint density at radius 2 is 0.774 bits per heavy atom. The number of hydrogen-bond acceptors (Lipinski definition) is 3. The van der Waals surface area contributed by atoms with E-state index in [-0.39, 0.29) is 0 Å². The second kappa shape index (κ2) is 13.4. The largest absolute Gasteiger partial charge is 0.278 e. The zero-order valence-corrected chi connectivity index (χ0v) is 33.6. The van der Waals surface area contributed by atoms with Gasteiger partial charge in [-0.2, -0.15) is 9.97 Å². The molecule has 0 N–H and O–H groups in total. The van der Waals surface area contributed by atoms with Crippen molar-refractivity contribution >= 4 is 21.8 Å². The van der Waals surface area contributed by atoms with Crippen LogP contribution in [-0.2, 0) is 5.41 Å². The first-order valence-electron chi connectivity index (χ1n) is 21.2. The smallest absolute Gasteiger partial charge is 0.238 e. The van der Waals surface area contributed by atoms with Crippen LogP contribution in [0.5, 0.6) is 0 Å². The van der Waals surface area contributed by atoms with E-state index in [0.29, 0.717) is 17.6 Å². The summed E-state index contributed by atoms with van der Waals surface area (Å²) in [6, 6.07) is 78.6. The van der Waals surface area contributed by atoms with Crippen molar-refractivity contribution in [2.75, 3.05) is 0 Å². The van der Waals surface area contributed by atoms with Crippen LogP contribution >= 0.6 is 0 Å². The number of hydrogen-bond donors (Lipinski definition) is 0. The molecule has 288 valence electrons.